The van der Waals surface area contributed by atoms with Crippen molar-refractivity contribution in [2.24, 2.45) is 5.92 Å². The fourth-order valence-corrected chi connectivity index (χ4v) is 5.89. The van der Waals surface area contributed by atoms with Crippen LogP contribution in [0.25, 0.3) is 11.1 Å². The normalized spacial score (nSPS) is 13.5. The van der Waals surface area contributed by atoms with E-state index in [0.29, 0.717) is 12.0 Å². The summed E-state index contributed by atoms with van der Waals surface area (Å²) in [5.74, 6) is 1.97. The smallest absolute Gasteiger partial charge is 0.264 e. The summed E-state index contributed by atoms with van der Waals surface area (Å²) in [7, 11) is -3.59. The molecule has 4 rings (SSSR count). The number of nitrogens with one attached hydrogen (secondary N) is 1. The van der Waals surface area contributed by atoms with Crippen LogP contribution < -0.4 is 4.72 Å². The van der Waals surface area contributed by atoms with Gasteiger partial charge >= 0.3 is 0 Å². The number of sulfonamides is 1. The van der Waals surface area contributed by atoms with Crippen molar-refractivity contribution in [3.8, 4) is 11.1 Å². The molecule has 1 fully saturated rings. The molecule has 0 heterocycles. The van der Waals surface area contributed by atoms with Gasteiger partial charge in [0.1, 0.15) is 0 Å². The summed E-state index contributed by atoms with van der Waals surface area (Å²) in [6, 6.07) is 26.1. The van der Waals surface area contributed by atoms with Crippen LogP contribution in [-0.2, 0) is 21.5 Å². The molecule has 0 radical (unpaired) electrons. The lowest BCUT2D eigenvalue weighted by Gasteiger charge is -2.08. The second-order valence-electron chi connectivity index (χ2n) is 8.94. The molecular formula is C28H31NO3S2. The monoisotopic (exact) mass is 493 g/mol. The van der Waals surface area contributed by atoms with Gasteiger partial charge in [0.15, 0.2) is 0 Å². The van der Waals surface area contributed by atoms with Gasteiger partial charge in [0.25, 0.3) is 5.91 Å². The van der Waals surface area contributed by atoms with Crippen LogP contribution in [0.1, 0.15) is 53.6 Å². The molecule has 0 bridgehead atoms. The Morgan fingerprint density at radius 3 is 2.00 bits per heavy atom. The highest BCUT2D eigenvalue weighted by molar-refractivity contribution is 7.97. The zero-order chi connectivity index (χ0) is 23.8. The van der Waals surface area contributed by atoms with Gasteiger partial charge in [0.2, 0.25) is 10.0 Å². The van der Waals surface area contributed by atoms with Crippen molar-refractivity contribution in [3.05, 3.63) is 95.6 Å². The van der Waals surface area contributed by atoms with Crippen molar-refractivity contribution in [1.29, 1.82) is 0 Å². The topological polar surface area (TPSA) is 63.2 Å². The number of amides is 1. The number of carbonyl (C=O) groups excluding carboxylic acids is 1. The maximum Gasteiger partial charge on any atom is 0.264 e. The molecule has 1 saturated carbocycles. The molecule has 0 aromatic heterocycles. The Morgan fingerprint density at radius 1 is 0.794 bits per heavy atom. The highest BCUT2D eigenvalue weighted by Gasteiger charge is 2.21. The Balaban J connectivity index is 1.20. The van der Waals surface area contributed by atoms with Gasteiger partial charge < -0.3 is 0 Å². The molecule has 1 aliphatic carbocycles. The lowest BCUT2D eigenvalue weighted by Crippen LogP contribution is -2.32. The van der Waals surface area contributed by atoms with E-state index in [2.05, 4.69) is 41.1 Å². The van der Waals surface area contributed by atoms with Crippen LogP contribution in [0.3, 0.4) is 0 Å². The van der Waals surface area contributed by atoms with E-state index in [9.17, 15) is 13.2 Å². The third-order valence-electron chi connectivity index (χ3n) is 6.04. The number of rotatable bonds is 12. The van der Waals surface area contributed by atoms with Crippen molar-refractivity contribution < 1.29 is 13.2 Å². The lowest BCUT2D eigenvalue weighted by atomic mass is 10.0. The molecule has 3 aromatic carbocycles. The molecule has 0 unspecified atom stereocenters. The van der Waals surface area contributed by atoms with Crippen molar-refractivity contribution in [1.82, 2.24) is 4.72 Å². The Kier molecular flexibility index (Phi) is 8.46. The van der Waals surface area contributed by atoms with E-state index in [1.165, 1.54) is 29.5 Å². The zero-order valence-electron chi connectivity index (χ0n) is 19.3. The van der Waals surface area contributed by atoms with Crippen LogP contribution >= 0.6 is 11.8 Å². The number of benzene rings is 3. The predicted molar refractivity (Wildman–Crippen MR) is 141 cm³/mol. The second kappa shape index (κ2) is 11.7. The van der Waals surface area contributed by atoms with Gasteiger partial charge in [-0.1, -0.05) is 92.4 Å². The fourth-order valence-electron chi connectivity index (χ4n) is 3.85. The maximum atomic E-state index is 12.4. The SMILES string of the molecule is O=C(NS(=O)(=O)CCCCC1CC1)c1ccc(CSCc2ccc(-c3ccccc3)cc2)cc1. The molecule has 0 aliphatic heterocycles. The van der Waals surface area contributed by atoms with Crippen LogP contribution in [-0.4, -0.2) is 20.1 Å². The third-order valence-corrected chi connectivity index (χ3v) is 8.43. The van der Waals surface area contributed by atoms with Gasteiger partial charge in [-0.05, 0) is 46.7 Å². The largest absolute Gasteiger partial charge is 0.268 e. The average Bonchev–Trinajstić information content (AvgIpc) is 3.68. The number of hydrogen-bond donors (Lipinski definition) is 1. The summed E-state index contributed by atoms with van der Waals surface area (Å²) in [5, 5.41) is 0. The fraction of sp³-hybridized carbons (Fsp3) is 0.321. The zero-order valence-corrected chi connectivity index (χ0v) is 20.9. The maximum absolute atomic E-state index is 12.4. The molecular weight excluding hydrogens is 462 g/mol. The average molecular weight is 494 g/mol. The molecule has 178 valence electrons. The first-order valence-corrected chi connectivity index (χ1v) is 14.6. The van der Waals surface area contributed by atoms with Crippen molar-refractivity contribution >= 4 is 27.7 Å². The van der Waals surface area contributed by atoms with Gasteiger partial charge in [-0.3, -0.25) is 4.79 Å². The quantitative estimate of drug-likeness (QED) is 0.295. The predicted octanol–water partition coefficient (Wildman–Crippen LogP) is 6.43. The molecule has 1 amide bonds. The third kappa shape index (κ3) is 7.74. The first-order chi connectivity index (χ1) is 16.5. The molecule has 6 heteroatoms. The molecule has 1 N–H and O–H groups in total. The molecule has 0 saturated heterocycles. The van der Waals surface area contributed by atoms with E-state index in [1.807, 2.05) is 30.3 Å². The van der Waals surface area contributed by atoms with E-state index >= 15 is 0 Å². The van der Waals surface area contributed by atoms with Crippen LogP contribution in [0.15, 0.2) is 78.9 Å². The summed E-state index contributed by atoms with van der Waals surface area (Å²) >= 11 is 1.81. The van der Waals surface area contributed by atoms with Gasteiger partial charge in [-0.25, -0.2) is 13.1 Å². The number of unbranched alkanes of at least 4 members (excludes halogenated alkanes) is 1. The lowest BCUT2D eigenvalue weighted by molar-refractivity contribution is 0.0981. The highest BCUT2D eigenvalue weighted by atomic mass is 32.2. The Hall–Kier alpha value is -2.57. The standard InChI is InChI=1S/C28H31NO3S2/c30-28(29-34(31,32)19-5-4-6-22-9-10-22)27-17-13-24(14-18-27)21-33-20-23-11-15-26(16-12-23)25-7-2-1-3-8-25/h1-3,7-8,11-18,22H,4-6,9-10,19-21H2,(H,29,30). The van der Waals surface area contributed by atoms with Gasteiger partial charge in [-0.2, -0.15) is 11.8 Å². The van der Waals surface area contributed by atoms with E-state index in [4.69, 9.17) is 0 Å². The van der Waals surface area contributed by atoms with Crippen LogP contribution in [0, 0.1) is 5.92 Å². The summed E-state index contributed by atoms with van der Waals surface area (Å²) in [6.07, 6.45) is 5.16. The van der Waals surface area contributed by atoms with E-state index < -0.39 is 15.9 Å². The molecule has 1 aliphatic rings. The minimum atomic E-state index is -3.59. The summed E-state index contributed by atoms with van der Waals surface area (Å²) in [6.45, 7) is 0. The van der Waals surface area contributed by atoms with Crippen molar-refractivity contribution in [2.45, 2.75) is 43.6 Å². The highest BCUT2D eigenvalue weighted by Crippen LogP contribution is 2.33. The van der Waals surface area contributed by atoms with Gasteiger partial charge in [0, 0.05) is 17.1 Å². The number of hydrogen-bond acceptors (Lipinski definition) is 4. The number of carbonyl (C=O) groups is 1. The summed E-state index contributed by atoms with van der Waals surface area (Å²) in [4.78, 5) is 12.4. The van der Waals surface area contributed by atoms with Crippen molar-refractivity contribution in [2.75, 3.05) is 5.75 Å². The second-order valence-corrected chi connectivity index (χ2v) is 11.8. The van der Waals surface area contributed by atoms with Gasteiger partial charge in [-0.15, -0.1) is 0 Å². The van der Waals surface area contributed by atoms with Gasteiger partial charge in [0.05, 0.1) is 5.75 Å². The summed E-state index contributed by atoms with van der Waals surface area (Å²) < 4.78 is 26.6. The molecule has 0 spiro atoms. The molecule has 3 aromatic rings. The number of thioether (sulfide) groups is 1. The molecule has 34 heavy (non-hydrogen) atoms. The van der Waals surface area contributed by atoms with E-state index in [1.54, 1.807) is 23.9 Å². The minimum Gasteiger partial charge on any atom is -0.268 e. The summed E-state index contributed by atoms with van der Waals surface area (Å²) in [5.41, 5.74) is 5.16. The Labute approximate surface area is 207 Å². The van der Waals surface area contributed by atoms with Crippen LogP contribution in [0.2, 0.25) is 0 Å². The van der Waals surface area contributed by atoms with E-state index in [-0.39, 0.29) is 5.75 Å². The first-order valence-electron chi connectivity index (χ1n) is 11.8. The molecule has 0 atom stereocenters. The minimum absolute atomic E-state index is 0.00646. The van der Waals surface area contributed by atoms with Crippen LogP contribution in [0.4, 0.5) is 0 Å². The Bertz CT molecular complexity index is 1170. The van der Waals surface area contributed by atoms with E-state index in [0.717, 1.165) is 35.8 Å². The van der Waals surface area contributed by atoms with Crippen molar-refractivity contribution in [3.63, 3.8) is 0 Å². The van der Waals surface area contributed by atoms with Crippen LogP contribution in [0.5, 0.6) is 0 Å². The Morgan fingerprint density at radius 2 is 1.38 bits per heavy atom. The first kappa shape index (κ1) is 24.6. The molecule has 4 nitrogen and oxygen atoms in total.